The van der Waals surface area contributed by atoms with E-state index in [0.29, 0.717) is 21.8 Å². The predicted molar refractivity (Wildman–Crippen MR) is 125 cm³/mol. The molecular weight excluding hydrogens is 454 g/mol. The molecule has 162 valence electrons. The van der Waals surface area contributed by atoms with E-state index in [1.807, 2.05) is 35.7 Å². The van der Waals surface area contributed by atoms with Crippen LogP contribution in [0.1, 0.15) is 6.42 Å². The molecule has 1 atom stereocenters. The molecule has 4 rings (SSSR count). The molecule has 0 bridgehead atoms. The summed E-state index contributed by atoms with van der Waals surface area (Å²) in [6, 6.07) is 9.33. The zero-order chi connectivity index (χ0) is 22.0. The quantitative estimate of drug-likeness (QED) is 0.321. The van der Waals surface area contributed by atoms with Gasteiger partial charge in [-0.25, -0.2) is 13.4 Å². The van der Waals surface area contributed by atoms with Gasteiger partial charge in [0.2, 0.25) is 5.91 Å². The normalized spacial score (nSPS) is 17.6. The van der Waals surface area contributed by atoms with E-state index < -0.39 is 9.84 Å². The molecule has 1 fully saturated rings. The highest BCUT2D eigenvalue weighted by molar-refractivity contribution is 7.99. The minimum atomic E-state index is -3.06. The van der Waals surface area contributed by atoms with Crippen molar-refractivity contribution in [3.63, 3.8) is 0 Å². The van der Waals surface area contributed by atoms with Crippen molar-refractivity contribution in [2.75, 3.05) is 17.3 Å². The molecule has 1 amide bonds. The third kappa shape index (κ3) is 4.76. The summed E-state index contributed by atoms with van der Waals surface area (Å²) < 4.78 is 24.7. The van der Waals surface area contributed by atoms with Crippen LogP contribution in [0.3, 0.4) is 0 Å². The van der Waals surface area contributed by atoms with Crippen molar-refractivity contribution in [1.29, 1.82) is 0 Å². The topological polar surface area (TPSA) is 98.1 Å². The number of thioether (sulfide) groups is 1. The zero-order valence-corrected chi connectivity index (χ0v) is 19.1. The van der Waals surface area contributed by atoms with Gasteiger partial charge in [0.15, 0.2) is 15.0 Å². The van der Waals surface area contributed by atoms with Gasteiger partial charge >= 0.3 is 0 Å². The molecular formula is C21H21N3O4S3. The largest absolute Gasteiger partial charge is 0.352 e. The van der Waals surface area contributed by atoms with Crippen LogP contribution < -0.4 is 10.9 Å². The highest BCUT2D eigenvalue weighted by Gasteiger charge is 2.29. The maximum atomic E-state index is 13.3. The summed E-state index contributed by atoms with van der Waals surface area (Å²) in [5.41, 5.74) is 1.62. The van der Waals surface area contributed by atoms with E-state index in [-0.39, 0.29) is 41.3 Å². The van der Waals surface area contributed by atoms with Gasteiger partial charge in [0.05, 0.1) is 22.6 Å². The van der Waals surface area contributed by atoms with Crippen LogP contribution in [-0.2, 0) is 21.2 Å². The second-order valence-corrected chi connectivity index (χ2v) is 11.3. The molecule has 0 aliphatic carbocycles. The Hall–Kier alpha value is -2.43. The number of rotatable bonds is 7. The summed E-state index contributed by atoms with van der Waals surface area (Å²) in [6.07, 6.45) is 2.05. The smallest absolute Gasteiger partial charge is 0.263 e. The summed E-state index contributed by atoms with van der Waals surface area (Å²) in [6.45, 7) is 4.01. The molecule has 1 aliphatic rings. The lowest BCUT2D eigenvalue weighted by Gasteiger charge is -2.13. The lowest BCUT2D eigenvalue weighted by molar-refractivity contribution is -0.119. The second kappa shape index (κ2) is 8.97. The Morgan fingerprint density at radius 2 is 2.13 bits per heavy atom. The van der Waals surface area contributed by atoms with E-state index in [9.17, 15) is 18.0 Å². The van der Waals surface area contributed by atoms with Crippen LogP contribution in [0, 0.1) is 0 Å². The number of hydrogen-bond acceptors (Lipinski definition) is 7. The first-order valence-corrected chi connectivity index (χ1v) is 13.4. The molecule has 3 aromatic rings. The van der Waals surface area contributed by atoms with Crippen molar-refractivity contribution in [2.24, 2.45) is 0 Å². The number of thiophene rings is 1. The Morgan fingerprint density at radius 3 is 2.81 bits per heavy atom. The van der Waals surface area contributed by atoms with Crippen LogP contribution in [-0.4, -0.2) is 47.2 Å². The molecule has 1 aliphatic heterocycles. The molecule has 0 radical (unpaired) electrons. The van der Waals surface area contributed by atoms with Gasteiger partial charge in [0.25, 0.3) is 5.56 Å². The fourth-order valence-corrected chi connectivity index (χ4v) is 7.03. The van der Waals surface area contributed by atoms with E-state index in [1.165, 1.54) is 15.9 Å². The van der Waals surface area contributed by atoms with Gasteiger partial charge in [-0.3, -0.25) is 14.2 Å². The Kier molecular flexibility index (Phi) is 6.31. The minimum absolute atomic E-state index is 0.0216. The standard InChI is InChI=1S/C21H21N3O4S3/c1-2-9-24-20(26)18-16(14-6-4-3-5-7-14)11-29-19(18)23-21(24)30-12-17(25)22-15-8-10-31(27,28)13-15/h2-7,11,15H,1,8-10,12-13H2,(H,22,25). The van der Waals surface area contributed by atoms with E-state index in [1.54, 1.807) is 6.08 Å². The molecule has 0 saturated carbocycles. The molecule has 2 aromatic heterocycles. The van der Waals surface area contributed by atoms with Gasteiger partial charge in [-0.05, 0) is 12.0 Å². The first-order chi connectivity index (χ1) is 14.9. The van der Waals surface area contributed by atoms with Crippen LogP contribution in [0.4, 0.5) is 0 Å². The molecule has 1 saturated heterocycles. The molecule has 31 heavy (non-hydrogen) atoms. The number of fused-ring (bicyclic) bond motifs is 1. The van der Waals surface area contributed by atoms with E-state index >= 15 is 0 Å². The van der Waals surface area contributed by atoms with Crippen molar-refractivity contribution in [2.45, 2.75) is 24.2 Å². The first kappa shape index (κ1) is 21.8. The molecule has 7 nitrogen and oxygen atoms in total. The fraction of sp³-hybridized carbons (Fsp3) is 0.286. The number of carbonyl (C=O) groups excluding carboxylic acids is 1. The lowest BCUT2D eigenvalue weighted by Crippen LogP contribution is -2.36. The van der Waals surface area contributed by atoms with E-state index in [0.717, 1.165) is 22.9 Å². The zero-order valence-electron chi connectivity index (χ0n) is 16.6. The molecule has 1 aromatic carbocycles. The number of sulfone groups is 1. The SMILES string of the molecule is C=CCn1c(SCC(=O)NC2CCS(=O)(=O)C2)nc2scc(-c3ccccc3)c2c1=O. The van der Waals surface area contributed by atoms with Gasteiger partial charge in [0.1, 0.15) is 4.83 Å². The molecule has 1 unspecified atom stereocenters. The molecule has 3 heterocycles. The van der Waals surface area contributed by atoms with Gasteiger partial charge in [-0.15, -0.1) is 17.9 Å². The number of hydrogen-bond donors (Lipinski definition) is 1. The average Bonchev–Trinajstić information content (AvgIpc) is 3.32. The minimum Gasteiger partial charge on any atom is -0.352 e. The Labute approximate surface area is 188 Å². The molecule has 1 N–H and O–H groups in total. The summed E-state index contributed by atoms with van der Waals surface area (Å²) in [4.78, 5) is 30.9. The van der Waals surface area contributed by atoms with Crippen molar-refractivity contribution in [3.8, 4) is 11.1 Å². The fourth-order valence-electron chi connectivity index (χ4n) is 3.54. The number of allylic oxidation sites excluding steroid dienone is 1. The number of nitrogens with zero attached hydrogens (tertiary/aromatic N) is 2. The van der Waals surface area contributed by atoms with Crippen molar-refractivity contribution in [3.05, 3.63) is 58.7 Å². The number of carbonyl (C=O) groups is 1. The van der Waals surface area contributed by atoms with Crippen molar-refractivity contribution >= 4 is 49.1 Å². The van der Waals surface area contributed by atoms with Gasteiger partial charge in [-0.1, -0.05) is 48.2 Å². The Bertz CT molecular complexity index is 1300. The summed E-state index contributed by atoms with van der Waals surface area (Å²) in [5, 5.41) is 5.68. The van der Waals surface area contributed by atoms with Crippen molar-refractivity contribution in [1.82, 2.24) is 14.9 Å². The number of aromatic nitrogens is 2. The monoisotopic (exact) mass is 475 g/mol. The number of nitrogens with one attached hydrogen (secondary N) is 1. The van der Waals surface area contributed by atoms with Gasteiger partial charge in [-0.2, -0.15) is 0 Å². The predicted octanol–water partition coefficient (Wildman–Crippen LogP) is 2.71. The van der Waals surface area contributed by atoms with E-state index in [2.05, 4.69) is 16.9 Å². The second-order valence-electron chi connectivity index (χ2n) is 7.25. The van der Waals surface area contributed by atoms with Gasteiger partial charge in [0, 0.05) is 23.5 Å². The van der Waals surface area contributed by atoms with Crippen LogP contribution in [0.25, 0.3) is 21.3 Å². The average molecular weight is 476 g/mol. The van der Waals surface area contributed by atoms with E-state index in [4.69, 9.17) is 0 Å². The van der Waals surface area contributed by atoms with Crippen LogP contribution in [0.15, 0.2) is 58.3 Å². The molecule has 0 spiro atoms. The summed E-state index contributed by atoms with van der Waals surface area (Å²) >= 11 is 2.55. The summed E-state index contributed by atoms with van der Waals surface area (Å²) in [7, 11) is -3.06. The third-order valence-corrected chi connectivity index (χ3v) is 8.60. The number of benzene rings is 1. The van der Waals surface area contributed by atoms with Gasteiger partial charge < -0.3 is 5.32 Å². The highest BCUT2D eigenvalue weighted by atomic mass is 32.2. The first-order valence-electron chi connectivity index (χ1n) is 9.69. The van der Waals surface area contributed by atoms with Crippen LogP contribution in [0.2, 0.25) is 0 Å². The van der Waals surface area contributed by atoms with Crippen LogP contribution >= 0.6 is 23.1 Å². The maximum absolute atomic E-state index is 13.3. The Morgan fingerprint density at radius 1 is 1.35 bits per heavy atom. The number of amides is 1. The summed E-state index contributed by atoms with van der Waals surface area (Å²) in [5.74, 6) is -0.151. The molecule has 10 heteroatoms. The van der Waals surface area contributed by atoms with Crippen molar-refractivity contribution < 1.29 is 13.2 Å². The highest BCUT2D eigenvalue weighted by Crippen LogP contribution is 2.32. The maximum Gasteiger partial charge on any atom is 0.263 e. The van der Waals surface area contributed by atoms with Crippen LogP contribution in [0.5, 0.6) is 0 Å². The third-order valence-electron chi connectivity index (χ3n) is 4.99. The Balaban J connectivity index is 1.59. The lowest BCUT2D eigenvalue weighted by atomic mass is 10.1.